The van der Waals surface area contributed by atoms with E-state index in [1.807, 2.05) is 29.6 Å². The Hall–Kier alpha value is -2.65. The molecule has 28 heavy (non-hydrogen) atoms. The smallest absolute Gasteiger partial charge is 0.277 e. The van der Waals surface area contributed by atoms with E-state index in [1.165, 1.54) is 17.4 Å². The predicted octanol–water partition coefficient (Wildman–Crippen LogP) is 4.99. The molecule has 0 aliphatic rings. The van der Waals surface area contributed by atoms with Gasteiger partial charge in [0.1, 0.15) is 0 Å². The number of anilines is 1. The minimum absolute atomic E-state index is 0.477. The SMILES string of the molecule is CCN(CC)c1ccc(-c2nnc(SCc3noc(-c4cccs4)n3)o2)cc1. The van der Waals surface area contributed by atoms with Gasteiger partial charge in [-0.1, -0.05) is 23.0 Å². The van der Waals surface area contributed by atoms with Crippen LogP contribution in [0.5, 0.6) is 0 Å². The van der Waals surface area contributed by atoms with E-state index < -0.39 is 0 Å². The lowest BCUT2D eigenvalue weighted by Crippen LogP contribution is -2.21. The summed E-state index contributed by atoms with van der Waals surface area (Å²) in [6, 6.07) is 12.1. The monoisotopic (exact) mass is 413 g/mol. The third kappa shape index (κ3) is 4.10. The van der Waals surface area contributed by atoms with Gasteiger partial charge >= 0.3 is 0 Å². The fourth-order valence-corrected chi connectivity index (χ4v) is 3.98. The zero-order valence-corrected chi connectivity index (χ0v) is 17.2. The maximum Gasteiger partial charge on any atom is 0.277 e. The molecule has 0 amide bonds. The van der Waals surface area contributed by atoms with Crippen LogP contribution in [-0.4, -0.2) is 33.4 Å². The van der Waals surface area contributed by atoms with Crippen molar-refractivity contribution in [3.8, 4) is 22.2 Å². The van der Waals surface area contributed by atoms with E-state index >= 15 is 0 Å². The van der Waals surface area contributed by atoms with Crippen LogP contribution in [0.1, 0.15) is 19.7 Å². The standard InChI is InChI=1S/C19H19N5O2S2/c1-3-24(4-2)14-9-7-13(8-10-14)17-21-22-19(25-17)28-12-16-20-18(26-23-16)15-6-5-11-27-15/h5-11H,3-4,12H2,1-2H3. The Morgan fingerprint density at radius 1 is 1.04 bits per heavy atom. The third-order valence-corrected chi connectivity index (χ3v) is 5.85. The summed E-state index contributed by atoms with van der Waals surface area (Å²) >= 11 is 2.95. The molecule has 0 spiro atoms. The molecule has 0 saturated carbocycles. The van der Waals surface area contributed by atoms with E-state index in [9.17, 15) is 0 Å². The normalized spacial score (nSPS) is 11.1. The van der Waals surface area contributed by atoms with E-state index in [0.717, 1.165) is 23.5 Å². The first-order valence-electron chi connectivity index (χ1n) is 8.95. The first-order chi connectivity index (χ1) is 13.8. The van der Waals surface area contributed by atoms with Gasteiger partial charge < -0.3 is 13.8 Å². The number of rotatable bonds is 8. The molecular formula is C19H19N5O2S2. The first kappa shape index (κ1) is 18.7. The Bertz CT molecular complexity index is 1010. The average Bonchev–Trinajstić information content (AvgIpc) is 3.49. The van der Waals surface area contributed by atoms with Crippen LogP contribution in [0.15, 0.2) is 55.9 Å². The Morgan fingerprint density at radius 3 is 2.57 bits per heavy atom. The van der Waals surface area contributed by atoms with Crippen LogP contribution in [0.3, 0.4) is 0 Å². The molecule has 0 aliphatic heterocycles. The van der Waals surface area contributed by atoms with Crippen molar-refractivity contribution in [2.45, 2.75) is 24.8 Å². The maximum atomic E-state index is 5.77. The highest BCUT2D eigenvalue weighted by Crippen LogP contribution is 2.28. The molecule has 0 atom stereocenters. The second-order valence-corrected chi connectivity index (χ2v) is 7.75. The summed E-state index contributed by atoms with van der Waals surface area (Å²) in [5.74, 6) is 2.13. The molecule has 3 heterocycles. The summed E-state index contributed by atoms with van der Waals surface area (Å²) in [5, 5.41) is 14.7. The molecule has 0 unspecified atom stereocenters. The molecule has 0 bridgehead atoms. The molecule has 0 aliphatic carbocycles. The number of thioether (sulfide) groups is 1. The summed E-state index contributed by atoms with van der Waals surface area (Å²) in [4.78, 5) is 7.63. The summed E-state index contributed by atoms with van der Waals surface area (Å²) < 4.78 is 11.1. The van der Waals surface area contributed by atoms with Gasteiger partial charge in [-0.15, -0.1) is 21.5 Å². The van der Waals surface area contributed by atoms with Gasteiger partial charge in [0.2, 0.25) is 5.89 Å². The fourth-order valence-electron chi connectivity index (χ4n) is 2.73. The Kier molecular flexibility index (Phi) is 5.73. The van der Waals surface area contributed by atoms with Crippen LogP contribution < -0.4 is 4.90 Å². The zero-order valence-electron chi connectivity index (χ0n) is 15.5. The topological polar surface area (TPSA) is 81.1 Å². The van der Waals surface area contributed by atoms with Crippen molar-refractivity contribution in [3.05, 3.63) is 47.6 Å². The van der Waals surface area contributed by atoms with E-state index in [-0.39, 0.29) is 0 Å². The van der Waals surface area contributed by atoms with Crippen molar-refractivity contribution in [1.29, 1.82) is 0 Å². The lowest BCUT2D eigenvalue weighted by molar-refractivity contribution is 0.425. The summed E-state index contributed by atoms with van der Waals surface area (Å²) in [6.07, 6.45) is 0. The maximum absolute atomic E-state index is 5.77. The Labute approximate surface area is 170 Å². The minimum atomic E-state index is 0.477. The lowest BCUT2D eigenvalue weighted by Gasteiger charge is -2.20. The van der Waals surface area contributed by atoms with Crippen molar-refractivity contribution in [2.75, 3.05) is 18.0 Å². The van der Waals surface area contributed by atoms with Crippen LogP contribution in [0.25, 0.3) is 22.2 Å². The van der Waals surface area contributed by atoms with Crippen molar-refractivity contribution in [1.82, 2.24) is 20.3 Å². The summed E-state index contributed by atoms with van der Waals surface area (Å²) in [6.45, 7) is 6.24. The second kappa shape index (κ2) is 8.57. The van der Waals surface area contributed by atoms with E-state index in [0.29, 0.717) is 28.6 Å². The van der Waals surface area contributed by atoms with E-state index in [2.05, 4.69) is 51.2 Å². The van der Waals surface area contributed by atoms with E-state index in [4.69, 9.17) is 8.94 Å². The van der Waals surface area contributed by atoms with Crippen LogP contribution in [0.4, 0.5) is 5.69 Å². The molecule has 9 heteroatoms. The Morgan fingerprint density at radius 2 is 1.86 bits per heavy atom. The molecule has 0 N–H and O–H groups in total. The van der Waals surface area contributed by atoms with Crippen molar-refractivity contribution in [2.24, 2.45) is 0 Å². The molecule has 4 rings (SSSR count). The predicted molar refractivity (Wildman–Crippen MR) is 110 cm³/mol. The largest absolute Gasteiger partial charge is 0.411 e. The van der Waals surface area contributed by atoms with Gasteiger partial charge in [0, 0.05) is 24.3 Å². The molecule has 4 aromatic rings. The van der Waals surface area contributed by atoms with Gasteiger partial charge in [-0.3, -0.25) is 0 Å². The highest BCUT2D eigenvalue weighted by molar-refractivity contribution is 7.98. The molecule has 144 valence electrons. The van der Waals surface area contributed by atoms with Gasteiger partial charge in [0.05, 0.1) is 10.6 Å². The average molecular weight is 414 g/mol. The van der Waals surface area contributed by atoms with Crippen molar-refractivity contribution < 1.29 is 8.94 Å². The van der Waals surface area contributed by atoms with Gasteiger partial charge in [0.15, 0.2) is 5.82 Å². The number of benzene rings is 1. The number of nitrogens with zero attached hydrogens (tertiary/aromatic N) is 5. The summed E-state index contributed by atoms with van der Waals surface area (Å²) in [7, 11) is 0. The van der Waals surface area contributed by atoms with Crippen molar-refractivity contribution in [3.63, 3.8) is 0 Å². The zero-order chi connectivity index (χ0) is 19.3. The molecule has 3 aromatic heterocycles. The van der Waals surface area contributed by atoms with Gasteiger partial charge in [-0.2, -0.15) is 4.98 Å². The molecule has 7 nitrogen and oxygen atoms in total. The lowest BCUT2D eigenvalue weighted by atomic mass is 10.2. The van der Waals surface area contributed by atoms with Gasteiger partial charge in [-0.25, -0.2) is 0 Å². The molecular weight excluding hydrogens is 394 g/mol. The fraction of sp³-hybridized carbons (Fsp3) is 0.263. The molecule has 0 saturated heterocycles. The second-order valence-electron chi connectivity index (χ2n) is 5.87. The third-order valence-electron chi connectivity index (χ3n) is 4.17. The van der Waals surface area contributed by atoms with Crippen LogP contribution in [0, 0.1) is 0 Å². The number of aromatic nitrogens is 4. The minimum Gasteiger partial charge on any atom is -0.411 e. The molecule has 0 radical (unpaired) electrons. The van der Waals surface area contributed by atoms with Gasteiger partial charge in [0.25, 0.3) is 11.1 Å². The first-order valence-corrected chi connectivity index (χ1v) is 10.8. The van der Waals surface area contributed by atoms with Crippen molar-refractivity contribution >= 4 is 28.8 Å². The van der Waals surface area contributed by atoms with Crippen LogP contribution in [-0.2, 0) is 5.75 Å². The Balaban J connectivity index is 1.39. The van der Waals surface area contributed by atoms with Crippen LogP contribution in [0.2, 0.25) is 0 Å². The molecule has 0 fully saturated rings. The van der Waals surface area contributed by atoms with E-state index in [1.54, 1.807) is 11.3 Å². The number of hydrogen-bond acceptors (Lipinski definition) is 9. The molecule has 1 aromatic carbocycles. The highest BCUT2D eigenvalue weighted by Gasteiger charge is 2.13. The number of thiophene rings is 1. The van der Waals surface area contributed by atoms with Crippen LogP contribution >= 0.6 is 23.1 Å². The quantitative estimate of drug-likeness (QED) is 0.374. The number of hydrogen-bond donors (Lipinski definition) is 0. The van der Waals surface area contributed by atoms with Gasteiger partial charge in [-0.05, 0) is 49.6 Å². The highest BCUT2D eigenvalue weighted by atomic mass is 32.2. The summed E-state index contributed by atoms with van der Waals surface area (Å²) in [5.41, 5.74) is 2.08.